The predicted octanol–water partition coefficient (Wildman–Crippen LogP) is 6.86. The molecule has 0 radical (unpaired) electrons. The van der Waals surface area contributed by atoms with Crippen LogP contribution in [0.5, 0.6) is 0 Å². The maximum Gasteiger partial charge on any atom is 0.0685 e. The molecule has 0 aliphatic carbocycles. The van der Waals surface area contributed by atoms with Gasteiger partial charge in [0.2, 0.25) is 0 Å². The first-order valence-corrected chi connectivity index (χ1v) is 7.66. The van der Waals surface area contributed by atoms with Crippen LogP contribution in [0.4, 0.5) is 0 Å². The second-order valence-corrected chi connectivity index (χ2v) is 5.78. The van der Waals surface area contributed by atoms with Crippen molar-refractivity contribution in [2.45, 2.75) is 5.33 Å². The van der Waals surface area contributed by atoms with E-state index >= 15 is 0 Å². The molecule has 0 aliphatic heterocycles. The summed E-state index contributed by atoms with van der Waals surface area (Å²) >= 11 is 28.1. The van der Waals surface area contributed by atoms with Gasteiger partial charge in [0.15, 0.2) is 0 Å². The van der Waals surface area contributed by atoms with E-state index in [0.717, 1.165) is 11.1 Å². The van der Waals surface area contributed by atoms with Crippen molar-refractivity contribution < 1.29 is 0 Å². The van der Waals surface area contributed by atoms with Crippen LogP contribution in [0.1, 0.15) is 5.56 Å². The fourth-order valence-corrected chi connectivity index (χ4v) is 3.44. The van der Waals surface area contributed by atoms with E-state index in [1.165, 1.54) is 0 Å². The molecule has 2 aromatic rings. The molecule has 2 rings (SSSR count). The summed E-state index contributed by atoms with van der Waals surface area (Å²) in [7, 11) is 0. The molecule has 0 heterocycles. The molecule has 0 nitrogen and oxygen atoms in total. The number of hydrogen-bond donors (Lipinski definition) is 0. The lowest BCUT2D eigenvalue weighted by atomic mass is 10.0. The quantitative estimate of drug-likeness (QED) is 0.391. The number of alkyl halides is 1. The van der Waals surface area contributed by atoms with E-state index < -0.39 is 0 Å². The zero-order valence-electron chi connectivity index (χ0n) is 8.98. The highest BCUT2D eigenvalue weighted by Gasteiger charge is 2.16. The second-order valence-electron chi connectivity index (χ2n) is 3.62. The smallest absolute Gasteiger partial charge is 0.0685 e. The molecule has 5 heteroatoms. The summed E-state index contributed by atoms with van der Waals surface area (Å²) in [6.45, 7) is 0. The molecule has 94 valence electrons. The van der Waals surface area contributed by atoms with Crippen molar-refractivity contribution in [1.29, 1.82) is 0 Å². The van der Waals surface area contributed by atoms with Crippen LogP contribution < -0.4 is 0 Å². The number of halogens is 5. The van der Waals surface area contributed by atoms with Gasteiger partial charge in [-0.05, 0) is 29.3 Å². The molecular weight excluding hydrogens is 378 g/mol. The van der Waals surface area contributed by atoms with Gasteiger partial charge in [-0.15, -0.1) is 0 Å². The highest BCUT2D eigenvalue weighted by molar-refractivity contribution is 9.08. The van der Waals surface area contributed by atoms with Gasteiger partial charge in [-0.25, -0.2) is 0 Å². The molecule has 0 aromatic heterocycles. The average Bonchev–Trinajstić information content (AvgIpc) is 2.35. The molecule has 0 saturated carbocycles. The molecule has 0 bridgehead atoms. The van der Waals surface area contributed by atoms with Crippen molar-refractivity contribution in [2.75, 3.05) is 0 Å². The van der Waals surface area contributed by atoms with Gasteiger partial charge >= 0.3 is 0 Å². The Morgan fingerprint density at radius 1 is 0.833 bits per heavy atom. The second kappa shape index (κ2) is 6.02. The van der Waals surface area contributed by atoms with Crippen LogP contribution in [0.15, 0.2) is 30.3 Å². The van der Waals surface area contributed by atoms with E-state index in [0.29, 0.717) is 31.0 Å². The first-order chi connectivity index (χ1) is 8.56. The van der Waals surface area contributed by atoms with E-state index in [-0.39, 0.29) is 0 Å². The van der Waals surface area contributed by atoms with Crippen LogP contribution >= 0.6 is 62.3 Å². The van der Waals surface area contributed by atoms with Crippen molar-refractivity contribution in [3.05, 3.63) is 56.0 Å². The van der Waals surface area contributed by atoms with Gasteiger partial charge in [0, 0.05) is 15.9 Å². The Morgan fingerprint density at radius 2 is 1.50 bits per heavy atom. The Morgan fingerprint density at radius 3 is 2.17 bits per heavy atom. The van der Waals surface area contributed by atoms with Crippen molar-refractivity contribution >= 4 is 62.3 Å². The molecule has 0 atom stereocenters. The van der Waals surface area contributed by atoms with Gasteiger partial charge in [0.1, 0.15) is 0 Å². The van der Waals surface area contributed by atoms with Gasteiger partial charge in [-0.1, -0.05) is 74.5 Å². The lowest BCUT2D eigenvalue weighted by molar-refractivity contribution is 1.43. The highest BCUT2D eigenvalue weighted by atomic mass is 79.9. The standard InChI is InChI=1S/C13H7BrCl4/c14-6-8-7(2-1-3-9(8)15)12-10(16)4-5-11(17)13(12)18/h1-5H,6H2. The summed E-state index contributed by atoms with van der Waals surface area (Å²) < 4.78 is 0. The fourth-order valence-electron chi connectivity index (χ4n) is 1.70. The maximum absolute atomic E-state index is 6.24. The van der Waals surface area contributed by atoms with Gasteiger partial charge < -0.3 is 0 Å². The van der Waals surface area contributed by atoms with Crippen LogP contribution in [0.25, 0.3) is 11.1 Å². The van der Waals surface area contributed by atoms with E-state index in [1.807, 2.05) is 18.2 Å². The van der Waals surface area contributed by atoms with E-state index in [2.05, 4.69) is 15.9 Å². The molecular formula is C13H7BrCl4. The van der Waals surface area contributed by atoms with Gasteiger partial charge in [0.05, 0.1) is 15.1 Å². The molecule has 0 aliphatic rings. The average molecular weight is 385 g/mol. The minimum absolute atomic E-state index is 0.439. The third-order valence-corrected chi connectivity index (χ3v) is 4.60. The van der Waals surface area contributed by atoms with Gasteiger partial charge in [-0.3, -0.25) is 0 Å². The molecule has 2 aromatic carbocycles. The van der Waals surface area contributed by atoms with Crippen LogP contribution in [0.3, 0.4) is 0 Å². The van der Waals surface area contributed by atoms with Crippen LogP contribution in [0.2, 0.25) is 20.1 Å². The molecule has 0 amide bonds. The maximum atomic E-state index is 6.24. The van der Waals surface area contributed by atoms with Crippen molar-refractivity contribution in [3.63, 3.8) is 0 Å². The molecule has 0 spiro atoms. The summed E-state index contributed by atoms with van der Waals surface area (Å²) in [5, 5.41) is 2.73. The summed E-state index contributed by atoms with van der Waals surface area (Å²) in [4.78, 5) is 0. The number of benzene rings is 2. The third kappa shape index (κ3) is 2.66. The summed E-state index contributed by atoms with van der Waals surface area (Å²) in [6, 6.07) is 9.01. The Hall–Kier alpha value is 0.0800. The zero-order valence-corrected chi connectivity index (χ0v) is 13.6. The third-order valence-electron chi connectivity index (χ3n) is 2.57. The Balaban J connectivity index is 2.77. The monoisotopic (exact) mass is 382 g/mol. The topological polar surface area (TPSA) is 0 Å². The number of rotatable bonds is 2. The minimum Gasteiger partial charge on any atom is -0.0875 e. The van der Waals surface area contributed by atoms with Crippen molar-refractivity contribution in [1.82, 2.24) is 0 Å². The van der Waals surface area contributed by atoms with E-state index in [9.17, 15) is 0 Å². The van der Waals surface area contributed by atoms with Crippen LogP contribution in [-0.4, -0.2) is 0 Å². The van der Waals surface area contributed by atoms with E-state index in [4.69, 9.17) is 46.4 Å². The minimum atomic E-state index is 0.439. The molecule has 18 heavy (non-hydrogen) atoms. The molecule has 0 unspecified atom stereocenters. The predicted molar refractivity (Wildman–Crippen MR) is 84.5 cm³/mol. The lowest BCUT2D eigenvalue weighted by Crippen LogP contribution is -1.90. The van der Waals surface area contributed by atoms with Gasteiger partial charge in [0.25, 0.3) is 0 Å². The first-order valence-electron chi connectivity index (χ1n) is 5.03. The Labute approximate surface area is 134 Å². The summed E-state index contributed by atoms with van der Waals surface area (Å²) in [5.74, 6) is 0. The zero-order chi connectivity index (χ0) is 13.3. The van der Waals surface area contributed by atoms with Crippen molar-refractivity contribution in [3.8, 4) is 11.1 Å². The fraction of sp³-hybridized carbons (Fsp3) is 0.0769. The van der Waals surface area contributed by atoms with E-state index in [1.54, 1.807) is 12.1 Å². The SMILES string of the molecule is Clc1ccc(Cl)c(-c2cccc(Cl)c2CBr)c1Cl. The molecule has 0 saturated heterocycles. The number of hydrogen-bond acceptors (Lipinski definition) is 0. The molecule has 0 fully saturated rings. The lowest BCUT2D eigenvalue weighted by Gasteiger charge is -2.13. The Kier molecular flexibility index (Phi) is 4.85. The summed E-state index contributed by atoms with van der Waals surface area (Å²) in [6.07, 6.45) is 0. The largest absolute Gasteiger partial charge is 0.0875 e. The van der Waals surface area contributed by atoms with Crippen LogP contribution in [0, 0.1) is 0 Å². The van der Waals surface area contributed by atoms with Crippen molar-refractivity contribution in [2.24, 2.45) is 0 Å². The first kappa shape index (κ1) is 14.5. The highest BCUT2D eigenvalue weighted by Crippen LogP contribution is 2.42. The van der Waals surface area contributed by atoms with Gasteiger partial charge in [-0.2, -0.15) is 0 Å². The van der Waals surface area contributed by atoms with Crippen LogP contribution in [-0.2, 0) is 5.33 Å². The summed E-state index contributed by atoms with van der Waals surface area (Å²) in [5.41, 5.74) is 2.53. The Bertz CT molecular complexity index is 596. The normalized spacial score (nSPS) is 10.7. The molecule has 0 N–H and O–H groups in total.